The fraction of sp³-hybridized carbons (Fsp3) is 0.311. The molecular weight excluding hydrogens is 787 g/mol. The summed E-state index contributed by atoms with van der Waals surface area (Å²) >= 11 is 0. The van der Waals surface area contributed by atoms with Crippen molar-refractivity contribution in [3.63, 3.8) is 0 Å². The molecule has 322 valence electrons. The van der Waals surface area contributed by atoms with Gasteiger partial charge in [-0.05, 0) is 138 Å². The van der Waals surface area contributed by atoms with Crippen LogP contribution < -0.4 is 15.7 Å². The maximum atomic E-state index is 7.06. The monoisotopic (exact) mass is 846 g/mol. The van der Waals surface area contributed by atoms with Gasteiger partial charge in [-0.3, -0.25) is 0 Å². The van der Waals surface area contributed by atoms with E-state index in [0.29, 0.717) is 0 Å². The van der Waals surface area contributed by atoms with Gasteiger partial charge in [0.05, 0.1) is 11.0 Å². The van der Waals surface area contributed by atoms with Crippen LogP contribution in [0.25, 0.3) is 71.7 Å². The molecule has 65 heavy (non-hydrogen) atoms. The summed E-state index contributed by atoms with van der Waals surface area (Å²) in [5.74, 6) is 0. The van der Waals surface area contributed by atoms with E-state index in [-0.39, 0.29) is 33.9 Å². The van der Waals surface area contributed by atoms with Gasteiger partial charge in [0, 0.05) is 55.7 Å². The Bertz CT molecular complexity index is 3600. The van der Waals surface area contributed by atoms with Crippen molar-refractivity contribution in [2.75, 3.05) is 4.81 Å². The Morgan fingerprint density at radius 3 is 1.92 bits per heavy atom. The molecule has 0 saturated carbocycles. The minimum Gasteiger partial charge on any atom is -0.456 e. The van der Waals surface area contributed by atoms with E-state index in [4.69, 9.17) is 4.42 Å². The van der Waals surface area contributed by atoms with Gasteiger partial charge in [0.15, 0.2) is 0 Å². The maximum Gasteiger partial charge on any atom is 0.333 e. The van der Waals surface area contributed by atoms with E-state index in [9.17, 15) is 0 Å². The molecule has 0 bridgehead atoms. The number of aromatic nitrogens is 1. The summed E-state index contributed by atoms with van der Waals surface area (Å²) in [5.41, 5.74) is 24.7. The molecule has 0 spiro atoms. The van der Waals surface area contributed by atoms with E-state index < -0.39 is 0 Å². The summed E-state index contributed by atoms with van der Waals surface area (Å²) in [6.45, 7) is 28.4. The lowest BCUT2D eigenvalue weighted by molar-refractivity contribution is 0.332. The Morgan fingerprint density at radius 1 is 0.538 bits per heavy atom. The minimum absolute atomic E-state index is 0.0342. The fourth-order valence-corrected chi connectivity index (χ4v) is 12.9. The van der Waals surface area contributed by atoms with Crippen molar-refractivity contribution in [2.24, 2.45) is 0 Å². The Kier molecular flexibility index (Phi) is 7.43. The average molecular weight is 847 g/mol. The molecule has 0 atom stereocenters. The first-order chi connectivity index (χ1) is 30.7. The third kappa shape index (κ3) is 5.09. The van der Waals surface area contributed by atoms with Crippen molar-refractivity contribution < 1.29 is 4.42 Å². The number of anilines is 2. The molecule has 4 heteroatoms. The number of nitrogens with zero attached hydrogens (tertiary/aromatic N) is 2. The van der Waals surface area contributed by atoms with E-state index in [0.717, 1.165) is 11.2 Å². The largest absolute Gasteiger partial charge is 0.456 e. The van der Waals surface area contributed by atoms with Crippen LogP contribution in [0.2, 0.25) is 0 Å². The summed E-state index contributed by atoms with van der Waals surface area (Å²) in [5, 5.41) is 5.11. The average Bonchev–Trinajstić information content (AvgIpc) is 3.87. The van der Waals surface area contributed by atoms with Crippen LogP contribution in [0.15, 0.2) is 120 Å². The molecule has 2 aliphatic heterocycles. The minimum atomic E-state index is -0.0944. The van der Waals surface area contributed by atoms with E-state index in [1.807, 2.05) is 0 Å². The summed E-state index contributed by atoms with van der Waals surface area (Å²) in [6, 6.07) is 45.5. The first-order valence-electron chi connectivity index (χ1n) is 24.1. The molecule has 7 aromatic carbocycles. The van der Waals surface area contributed by atoms with E-state index >= 15 is 0 Å². The van der Waals surface area contributed by atoms with Crippen molar-refractivity contribution in [1.82, 2.24) is 4.57 Å². The Morgan fingerprint density at radius 2 is 1.20 bits per heavy atom. The van der Waals surface area contributed by atoms with Crippen LogP contribution in [0.5, 0.6) is 0 Å². The van der Waals surface area contributed by atoms with Crippen LogP contribution in [0, 0.1) is 0 Å². The quantitative estimate of drug-likeness (QED) is 0.154. The number of rotatable bonds is 1. The normalized spacial score (nSPS) is 17.4. The van der Waals surface area contributed by atoms with Gasteiger partial charge in [0.2, 0.25) is 0 Å². The molecule has 0 N–H and O–H groups in total. The first kappa shape index (κ1) is 39.4. The maximum absolute atomic E-state index is 7.06. The third-order valence-electron chi connectivity index (χ3n) is 16.8. The second-order valence-corrected chi connectivity index (χ2v) is 24.0. The van der Waals surface area contributed by atoms with Crippen molar-refractivity contribution in [3.8, 4) is 27.9 Å². The molecule has 4 aliphatic rings. The van der Waals surface area contributed by atoms with Crippen LogP contribution in [-0.4, -0.2) is 11.4 Å². The highest BCUT2D eigenvalue weighted by Gasteiger charge is 2.46. The Balaban J connectivity index is 1.18. The summed E-state index contributed by atoms with van der Waals surface area (Å²) < 4.78 is 9.71. The van der Waals surface area contributed by atoms with E-state index in [2.05, 4.69) is 208 Å². The summed E-state index contributed by atoms with van der Waals surface area (Å²) in [4.78, 5) is 2.67. The fourth-order valence-electron chi connectivity index (χ4n) is 12.9. The summed E-state index contributed by atoms with van der Waals surface area (Å²) in [6.07, 6.45) is 2.35. The summed E-state index contributed by atoms with van der Waals surface area (Å²) in [7, 11) is 0. The second-order valence-electron chi connectivity index (χ2n) is 24.0. The predicted octanol–water partition coefficient (Wildman–Crippen LogP) is 15.2. The lowest BCUT2D eigenvalue weighted by Gasteiger charge is -2.42. The van der Waals surface area contributed by atoms with E-state index in [1.165, 1.54) is 129 Å². The van der Waals surface area contributed by atoms with Crippen molar-refractivity contribution in [3.05, 3.63) is 149 Å². The SMILES string of the molecule is CC(C)(C)c1ccc(N2B3c4cc(C(C)(C)C)ccc4-n4c5ccc6c(c5c5ccc(c3c54)-c3cc4c(cc32)oc2cc3c(cc24)C(C)(C)CCC3(C)C)-c2ccccc2C6(C)C)cc1. The lowest BCUT2D eigenvalue weighted by atomic mass is 9.43. The zero-order valence-corrected chi connectivity index (χ0v) is 40.3. The van der Waals surface area contributed by atoms with Crippen LogP contribution in [-0.2, 0) is 27.1 Å². The van der Waals surface area contributed by atoms with Crippen molar-refractivity contribution in [2.45, 2.75) is 123 Å². The number of hydrogen-bond acceptors (Lipinski definition) is 2. The van der Waals surface area contributed by atoms with Gasteiger partial charge in [-0.2, -0.15) is 0 Å². The smallest absolute Gasteiger partial charge is 0.333 e. The number of fused-ring (bicyclic) bond motifs is 16. The Hall–Kier alpha value is -6.00. The highest BCUT2D eigenvalue weighted by molar-refractivity contribution is 6.93. The highest BCUT2D eigenvalue weighted by atomic mass is 16.3. The molecule has 2 aliphatic carbocycles. The Labute approximate surface area is 384 Å². The molecule has 2 aromatic heterocycles. The van der Waals surface area contributed by atoms with Crippen LogP contribution in [0.3, 0.4) is 0 Å². The molecule has 0 unspecified atom stereocenters. The van der Waals surface area contributed by atoms with Gasteiger partial charge in [-0.15, -0.1) is 0 Å². The van der Waals surface area contributed by atoms with Gasteiger partial charge in [0.1, 0.15) is 11.2 Å². The number of hydrogen-bond donors (Lipinski definition) is 0. The van der Waals surface area contributed by atoms with Gasteiger partial charge >= 0.3 is 6.85 Å². The molecule has 0 radical (unpaired) electrons. The topological polar surface area (TPSA) is 21.3 Å². The van der Waals surface area contributed by atoms with E-state index in [1.54, 1.807) is 0 Å². The lowest BCUT2D eigenvalue weighted by Crippen LogP contribution is -2.60. The molecule has 13 rings (SSSR count). The van der Waals surface area contributed by atoms with Crippen LogP contribution in [0.4, 0.5) is 11.4 Å². The van der Waals surface area contributed by atoms with Gasteiger partial charge < -0.3 is 13.8 Å². The first-order valence-corrected chi connectivity index (χ1v) is 24.1. The number of furan rings is 1. The zero-order chi connectivity index (χ0) is 45.1. The van der Waals surface area contributed by atoms with Crippen molar-refractivity contribution in [1.29, 1.82) is 0 Å². The third-order valence-corrected chi connectivity index (χ3v) is 16.8. The molecule has 0 fully saturated rings. The standard InChI is InChI=1S/C61H59BN2O/c1-57(2,3)34-17-20-36(21-18-34)64-50-33-52-41(42-31-45-46(32-51(42)65-52)60(9,10)28-27-59(45,7)8)30-40(50)37-22-23-39-54-49(26-24-44-53(54)38-15-13-14-16-43(38)61(44,11)12)63-48-25-19-35(58(4,5)6)29-47(48)62(64)55(37)56(39)63/h13-26,29-33H,27-28H2,1-12H3. The molecule has 0 saturated heterocycles. The van der Waals surface area contributed by atoms with Crippen LogP contribution >= 0.6 is 0 Å². The molecule has 3 nitrogen and oxygen atoms in total. The van der Waals surface area contributed by atoms with Gasteiger partial charge in [-0.1, -0.05) is 150 Å². The molecule has 9 aromatic rings. The molecule has 0 amide bonds. The highest BCUT2D eigenvalue weighted by Crippen LogP contribution is 2.55. The molecule has 4 heterocycles. The van der Waals surface area contributed by atoms with Gasteiger partial charge in [0.25, 0.3) is 0 Å². The molecular formula is C61H59BN2O. The van der Waals surface area contributed by atoms with Crippen LogP contribution in [0.1, 0.15) is 129 Å². The van der Waals surface area contributed by atoms with Crippen molar-refractivity contribution >= 4 is 72.9 Å². The second kappa shape index (κ2) is 12.3. The number of benzene rings is 7. The zero-order valence-electron chi connectivity index (χ0n) is 40.3. The van der Waals surface area contributed by atoms with Gasteiger partial charge in [-0.25, -0.2) is 0 Å². The predicted molar refractivity (Wildman–Crippen MR) is 277 cm³/mol.